The Morgan fingerprint density at radius 1 is 1.17 bits per heavy atom. The second-order valence-corrected chi connectivity index (χ2v) is 5.89. The number of methoxy groups -OCH3 is 1. The molecule has 1 fully saturated rings. The number of anilines is 1. The van der Waals surface area contributed by atoms with Crippen LogP contribution >= 0.6 is 0 Å². The molecule has 2 aromatic rings. The zero-order chi connectivity index (χ0) is 16.8. The molecule has 0 saturated carbocycles. The van der Waals surface area contributed by atoms with Crippen LogP contribution in [-0.4, -0.2) is 26.1 Å². The Bertz CT molecular complexity index is 679. The molecule has 0 aliphatic carbocycles. The van der Waals surface area contributed by atoms with Gasteiger partial charge in [-0.1, -0.05) is 12.1 Å². The molecule has 1 unspecified atom stereocenters. The maximum absolute atomic E-state index is 12.0. The van der Waals surface area contributed by atoms with Crippen LogP contribution < -0.4 is 20.1 Å². The minimum atomic E-state index is 0.0575. The zero-order valence-electron chi connectivity index (χ0n) is 13.7. The zero-order valence-corrected chi connectivity index (χ0v) is 13.7. The predicted molar refractivity (Wildman–Crippen MR) is 93.7 cm³/mol. The van der Waals surface area contributed by atoms with Crippen LogP contribution in [0.3, 0.4) is 0 Å². The smallest absolute Gasteiger partial charge is 0.224 e. The summed E-state index contributed by atoms with van der Waals surface area (Å²) in [6, 6.07) is 14.8. The van der Waals surface area contributed by atoms with E-state index in [1.54, 1.807) is 7.11 Å². The van der Waals surface area contributed by atoms with Gasteiger partial charge in [0.2, 0.25) is 5.91 Å². The van der Waals surface area contributed by atoms with Crippen molar-refractivity contribution in [2.24, 2.45) is 5.92 Å². The second kappa shape index (κ2) is 7.84. The monoisotopic (exact) mass is 326 g/mol. The lowest BCUT2D eigenvalue weighted by molar-refractivity contribution is -0.116. The number of amides is 1. The Labute approximate surface area is 142 Å². The molecule has 1 aliphatic heterocycles. The lowest BCUT2D eigenvalue weighted by Gasteiger charge is -2.11. The molecule has 2 aromatic carbocycles. The molecule has 2 N–H and O–H groups in total. The molecule has 1 amide bonds. The highest BCUT2D eigenvalue weighted by Crippen LogP contribution is 2.31. The van der Waals surface area contributed by atoms with E-state index in [-0.39, 0.29) is 5.91 Å². The number of ether oxygens (including phenoxy) is 2. The van der Waals surface area contributed by atoms with Crippen LogP contribution in [0.2, 0.25) is 0 Å². The van der Waals surface area contributed by atoms with E-state index in [4.69, 9.17) is 9.47 Å². The van der Waals surface area contributed by atoms with Crippen LogP contribution in [0.1, 0.15) is 12.8 Å². The lowest BCUT2D eigenvalue weighted by atomic mass is 10.0. The van der Waals surface area contributed by atoms with Crippen LogP contribution in [0.4, 0.5) is 5.69 Å². The van der Waals surface area contributed by atoms with Crippen molar-refractivity contribution in [2.45, 2.75) is 12.8 Å². The lowest BCUT2D eigenvalue weighted by Crippen LogP contribution is -2.18. The molecule has 126 valence electrons. The van der Waals surface area contributed by atoms with Crippen molar-refractivity contribution in [3.63, 3.8) is 0 Å². The first kappa shape index (κ1) is 16.3. The number of benzene rings is 2. The van der Waals surface area contributed by atoms with Crippen molar-refractivity contribution < 1.29 is 14.3 Å². The quantitative estimate of drug-likeness (QED) is 0.854. The van der Waals surface area contributed by atoms with E-state index < -0.39 is 0 Å². The molecule has 1 aliphatic rings. The summed E-state index contributed by atoms with van der Waals surface area (Å²) in [6.07, 6.45) is 1.63. The molecule has 0 bridgehead atoms. The van der Waals surface area contributed by atoms with E-state index in [2.05, 4.69) is 10.6 Å². The molecular weight excluding hydrogens is 304 g/mol. The molecule has 0 spiro atoms. The molecule has 0 radical (unpaired) electrons. The van der Waals surface area contributed by atoms with Crippen LogP contribution in [-0.2, 0) is 4.79 Å². The van der Waals surface area contributed by atoms with Gasteiger partial charge < -0.3 is 20.1 Å². The topological polar surface area (TPSA) is 59.6 Å². The minimum absolute atomic E-state index is 0.0575. The number of rotatable bonds is 6. The molecule has 0 aromatic heterocycles. The Morgan fingerprint density at radius 3 is 2.58 bits per heavy atom. The van der Waals surface area contributed by atoms with E-state index in [9.17, 15) is 4.79 Å². The Morgan fingerprint density at radius 2 is 1.92 bits per heavy atom. The van der Waals surface area contributed by atoms with Gasteiger partial charge in [0, 0.05) is 12.1 Å². The third-order valence-corrected chi connectivity index (χ3v) is 4.07. The van der Waals surface area contributed by atoms with Gasteiger partial charge in [0.05, 0.1) is 7.11 Å². The molecular formula is C19H22N2O3. The van der Waals surface area contributed by atoms with Gasteiger partial charge in [-0.05, 0) is 61.8 Å². The number of hydrogen-bond donors (Lipinski definition) is 2. The summed E-state index contributed by atoms with van der Waals surface area (Å²) in [5, 5.41) is 6.21. The number of hydrogen-bond acceptors (Lipinski definition) is 4. The molecule has 5 heteroatoms. The van der Waals surface area contributed by atoms with Crippen LogP contribution in [0.5, 0.6) is 17.2 Å². The highest BCUT2D eigenvalue weighted by atomic mass is 16.5. The first-order valence-corrected chi connectivity index (χ1v) is 8.16. The standard InChI is InChI=1S/C19H22N2O3/c1-23-17-4-2-3-5-18(17)24-16-8-6-15(7-9-16)21-19(22)12-14-10-11-20-13-14/h2-9,14,20H,10-13H2,1H3,(H,21,22). The van der Waals surface area contributed by atoms with Crippen LogP contribution in [0.15, 0.2) is 48.5 Å². The average molecular weight is 326 g/mol. The summed E-state index contributed by atoms with van der Waals surface area (Å²) in [4.78, 5) is 12.0. The minimum Gasteiger partial charge on any atom is -0.493 e. The SMILES string of the molecule is COc1ccccc1Oc1ccc(NC(=O)CC2CCNC2)cc1. The molecule has 5 nitrogen and oxygen atoms in total. The highest BCUT2D eigenvalue weighted by Gasteiger charge is 2.18. The summed E-state index contributed by atoms with van der Waals surface area (Å²) in [7, 11) is 1.61. The summed E-state index contributed by atoms with van der Waals surface area (Å²) >= 11 is 0. The summed E-state index contributed by atoms with van der Waals surface area (Å²) in [5.41, 5.74) is 0.776. The Kier molecular flexibility index (Phi) is 5.33. The average Bonchev–Trinajstić information content (AvgIpc) is 3.10. The maximum Gasteiger partial charge on any atom is 0.224 e. The fourth-order valence-corrected chi connectivity index (χ4v) is 2.80. The largest absolute Gasteiger partial charge is 0.493 e. The third kappa shape index (κ3) is 4.26. The highest BCUT2D eigenvalue weighted by molar-refractivity contribution is 5.90. The molecule has 1 heterocycles. The van der Waals surface area contributed by atoms with E-state index in [0.717, 1.165) is 25.2 Å². The molecule has 1 saturated heterocycles. The fraction of sp³-hybridized carbons (Fsp3) is 0.316. The van der Waals surface area contributed by atoms with Crippen molar-refractivity contribution in [3.8, 4) is 17.2 Å². The van der Waals surface area contributed by atoms with Crippen molar-refractivity contribution in [3.05, 3.63) is 48.5 Å². The van der Waals surface area contributed by atoms with Crippen molar-refractivity contribution >= 4 is 11.6 Å². The molecule has 24 heavy (non-hydrogen) atoms. The fourth-order valence-electron chi connectivity index (χ4n) is 2.80. The van der Waals surface area contributed by atoms with Gasteiger partial charge in [-0.3, -0.25) is 4.79 Å². The van der Waals surface area contributed by atoms with Gasteiger partial charge in [0.1, 0.15) is 5.75 Å². The number of para-hydroxylation sites is 2. The van der Waals surface area contributed by atoms with E-state index in [0.29, 0.717) is 29.6 Å². The predicted octanol–water partition coefficient (Wildman–Crippen LogP) is 3.43. The normalized spacial score (nSPS) is 16.6. The van der Waals surface area contributed by atoms with Crippen molar-refractivity contribution in [1.29, 1.82) is 0 Å². The summed E-state index contributed by atoms with van der Waals surface area (Å²) in [5.74, 6) is 2.53. The summed E-state index contributed by atoms with van der Waals surface area (Å²) < 4.78 is 11.1. The van der Waals surface area contributed by atoms with Gasteiger partial charge in [0.15, 0.2) is 11.5 Å². The third-order valence-electron chi connectivity index (χ3n) is 4.07. The van der Waals surface area contributed by atoms with E-state index in [1.165, 1.54) is 0 Å². The Balaban J connectivity index is 1.57. The number of carbonyl (C=O) groups excluding carboxylic acids is 1. The first-order valence-electron chi connectivity index (χ1n) is 8.16. The van der Waals surface area contributed by atoms with Gasteiger partial charge in [-0.2, -0.15) is 0 Å². The van der Waals surface area contributed by atoms with E-state index in [1.807, 2.05) is 48.5 Å². The maximum atomic E-state index is 12.0. The van der Waals surface area contributed by atoms with Crippen molar-refractivity contribution in [2.75, 3.05) is 25.5 Å². The van der Waals surface area contributed by atoms with Crippen molar-refractivity contribution in [1.82, 2.24) is 5.32 Å². The van der Waals surface area contributed by atoms with Gasteiger partial charge in [0.25, 0.3) is 0 Å². The van der Waals surface area contributed by atoms with Crippen LogP contribution in [0.25, 0.3) is 0 Å². The van der Waals surface area contributed by atoms with E-state index >= 15 is 0 Å². The molecule has 3 rings (SSSR count). The molecule has 1 atom stereocenters. The summed E-state index contributed by atoms with van der Waals surface area (Å²) in [6.45, 7) is 1.94. The number of nitrogens with one attached hydrogen (secondary N) is 2. The first-order chi connectivity index (χ1) is 11.7. The second-order valence-electron chi connectivity index (χ2n) is 5.89. The van der Waals surface area contributed by atoms with Gasteiger partial charge in [-0.15, -0.1) is 0 Å². The van der Waals surface area contributed by atoms with Gasteiger partial charge in [-0.25, -0.2) is 0 Å². The van der Waals surface area contributed by atoms with Crippen LogP contribution in [0, 0.1) is 5.92 Å². The van der Waals surface area contributed by atoms with Gasteiger partial charge >= 0.3 is 0 Å². The Hall–Kier alpha value is -2.53. The number of carbonyl (C=O) groups is 1.